The van der Waals surface area contributed by atoms with E-state index in [0.29, 0.717) is 50.1 Å². The van der Waals surface area contributed by atoms with Gasteiger partial charge in [0.25, 0.3) is 0 Å². The molecule has 2 amide bonds. The molecule has 3 aromatic carbocycles. The molecule has 1 aromatic heterocycles. The number of hydrogen-bond acceptors (Lipinski definition) is 8. The Balaban J connectivity index is 1.18. The number of nitrogens with zero attached hydrogens (tertiary/aromatic N) is 9. The highest BCUT2D eigenvalue weighted by molar-refractivity contribution is 5.89. The van der Waals surface area contributed by atoms with Gasteiger partial charge < -0.3 is 20.5 Å². The number of carbonyl (C=O) groups is 1. The zero-order valence-corrected chi connectivity index (χ0v) is 24.6. The van der Waals surface area contributed by atoms with Crippen molar-refractivity contribution in [3.63, 3.8) is 0 Å². The van der Waals surface area contributed by atoms with E-state index in [4.69, 9.17) is 5.73 Å². The maximum atomic E-state index is 13.1. The van der Waals surface area contributed by atoms with Crippen molar-refractivity contribution >= 4 is 17.5 Å². The predicted molar refractivity (Wildman–Crippen MR) is 170 cm³/mol. The number of urea groups is 1. The second-order valence-corrected chi connectivity index (χ2v) is 11.0. The Bertz CT molecular complexity index is 1820. The van der Waals surface area contributed by atoms with E-state index in [2.05, 4.69) is 84.0 Å². The number of nitrogens with two attached hydrogens (primary N) is 1. The van der Waals surface area contributed by atoms with Crippen LogP contribution >= 0.6 is 0 Å². The standard InChI is InChI=1S/C33H33N11O/c34-31-28-32(36-22-35-28)43(23-37-31)20-27-21-44(40-39-27)30(25-12-6-2-7-13-25)29(24-10-4-1-5-11-24)41-16-18-42(19-17-41)33(45)38-26-14-8-3-9-15-26/h1-15,21-23,29-30H,16-20,34H2,(H,38,45)/t29-,30+/m0/s1. The number of imidazole rings is 1. The van der Waals surface area contributed by atoms with Crippen LogP contribution in [0.2, 0.25) is 0 Å². The van der Waals surface area contributed by atoms with Crippen LogP contribution in [0.5, 0.6) is 0 Å². The maximum Gasteiger partial charge on any atom is 0.321 e. The molecule has 45 heavy (non-hydrogen) atoms. The van der Waals surface area contributed by atoms with Crippen molar-refractivity contribution in [3.8, 4) is 11.5 Å². The topological polar surface area (TPSA) is 136 Å². The van der Waals surface area contributed by atoms with E-state index in [-0.39, 0.29) is 18.1 Å². The second kappa shape index (κ2) is 12.5. The molecule has 1 fully saturated rings. The number of benzene rings is 3. The van der Waals surface area contributed by atoms with Gasteiger partial charge in [-0.05, 0) is 23.3 Å². The highest BCUT2D eigenvalue weighted by Gasteiger charge is 2.35. The fourth-order valence-electron chi connectivity index (χ4n) is 6.01. The summed E-state index contributed by atoms with van der Waals surface area (Å²) in [5, 5.41) is 12.3. The Hall–Kier alpha value is -5.62. The van der Waals surface area contributed by atoms with Crippen molar-refractivity contribution in [3.05, 3.63) is 127 Å². The molecule has 226 valence electrons. The first-order valence-corrected chi connectivity index (χ1v) is 14.9. The van der Waals surface area contributed by atoms with E-state index in [1.807, 2.05) is 62.8 Å². The molecule has 12 heteroatoms. The molecule has 7 rings (SSSR count). The van der Waals surface area contributed by atoms with Crippen LogP contribution in [-0.2, 0) is 6.54 Å². The molecule has 3 aliphatic heterocycles. The second-order valence-electron chi connectivity index (χ2n) is 11.0. The predicted octanol–water partition coefficient (Wildman–Crippen LogP) is 4.18. The highest BCUT2D eigenvalue weighted by Crippen LogP contribution is 2.37. The summed E-state index contributed by atoms with van der Waals surface area (Å²) in [6.07, 6.45) is 5.12. The molecule has 0 bridgehead atoms. The smallest absolute Gasteiger partial charge is 0.321 e. The van der Waals surface area contributed by atoms with Gasteiger partial charge >= 0.3 is 6.03 Å². The molecule has 0 saturated carbocycles. The lowest BCUT2D eigenvalue weighted by atomic mass is 9.91. The summed E-state index contributed by atoms with van der Waals surface area (Å²) >= 11 is 0. The Kier molecular flexibility index (Phi) is 7.85. The van der Waals surface area contributed by atoms with Crippen LogP contribution in [0.4, 0.5) is 16.3 Å². The zero-order valence-electron chi connectivity index (χ0n) is 24.6. The largest absolute Gasteiger partial charge is 0.382 e. The average molecular weight is 600 g/mol. The van der Waals surface area contributed by atoms with Crippen molar-refractivity contribution in [1.29, 1.82) is 0 Å². The summed E-state index contributed by atoms with van der Waals surface area (Å²) in [6.45, 7) is 3.02. The first-order chi connectivity index (χ1) is 22.1. The summed E-state index contributed by atoms with van der Waals surface area (Å²) in [6, 6.07) is 30.1. The van der Waals surface area contributed by atoms with E-state index >= 15 is 0 Å². The van der Waals surface area contributed by atoms with Crippen molar-refractivity contribution in [1.82, 2.24) is 44.3 Å². The fourth-order valence-corrected chi connectivity index (χ4v) is 6.01. The number of aromatic nitrogens is 7. The third kappa shape index (κ3) is 5.95. The summed E-state index contributed by atoms with van der Waals surface area (Å²) in [5.74, 6) is 0.989. The first-order valence-electron chi connectivity index (χ1n) is 14.9. The number of carbonyl (C=O) groups excluding carboxylic acids is 1. The summed E-state index contributed by atoms with van der Waals surface area (Å²) in [4.78, 5) is 30.3. The van der Waals surface area contributed by atoms with Gasteiger partial charge in [-0.15, -0.1) is 5.10 Å². The number of fused-ring (bicyclic) bond motifs is 1. The van der Waals surface area contributed by atoms with E-state index in [9.17, 15) is 4.79 Å². The third-order valence-corrected chi connectivity index (χ3v) is 8.21. The van der Waals surface area contributed by atoms with Gasteiger partial charge in [0, 0.05) is 31.9 Å². The van der Waals surface area contributed by atoms with Crippen molar-refractivity contribution in [2.75, 3.05) is 37.2 Å². The van der Waals surface area contributed by atoms with Gasteiger partial charge in [-0.1, -0.05) is 84.1 Å². The van der Waals surface area contributed by atoms with Gasteiger partial charge in [0.15, 0.2) is 11.6 Å². The fraction of sp³-hybridized carbons (Fsp3) is 0.212. The van der Waals surface area contributed by atoms with E-state index in [0.717, 1.165) is 22.5 Å². The van der Waals surface area contributed by atoms with Crippen molar-refractivity contribution in [2.45, 2.75) is 18.6 Å². The van der Waals surface area contributed by atoms with Gasteiger partial charge in [0.05, 0.1) is 31.2 Å². The number of amides is 2. The number of hydrogen-bond donors (Lipinski definition) is 2. The normalized spacial score (nSPS) is 15.2. The molecular formula is C33H33N11O. The molecule has 3 aliphatic rings. The number of anilines is 2. The Morgan fingerprint density at radius 1 is 0.800 bits per heavy atom. The van der Waals surface area contributed by atoms with Crippen molar-refractivity contribution in [2.24, 2.45) is 0 Å². The molecule has 0 spiro atoms. The lowest BCUT2D eigenvalue weighted by Crippen LogP contribution is -2.52. The summed E-state index contributed by atoms with van der Waals surface area (Å²) in [5.41, 5.74) is 10.4. The van der Waals surface area contributed by atoms with E-state index in [1.54, 1.807) is 6.33 Å². The molecule has 4 aromatic rings. The van der Waals surface area contributed by atoms with Gasteiger partial charge in [0.2, 0.25) is 0 Å². The average Bonchev–Trinajstić information content (AvgIpc) is 3.77. The molecule has 0 radical (unpaired) electrons. The molecule has 4 heterocycles. The molecule has 0 aliphatic carbocycles. The number of piperazine rings is 1. The quantitative estimate of drug-likeness (QED) is 0.266. The summed E-state index contributed by atoms with van der Waals surface area (Å²) in [7, 11) is 0. The monoisotopic (exact) mass is 599 g/mol. The van der Waals surface area contributed by atoms with Crippen LogP contribution in [0.15, 0.2) is 110 Å². The molecule has 2 atom stereocenters. The van der Waals surface area contributed by atoms with Gasteiger partial charge in [-0.3, -0.25) is 4.90 Å². The number of para-hydroxylation sites is 1. The Labute approximate surface area is 260 Å². The van der Waals surface area contributed by atoms with E-state index in [1.165, 1.54) is 6.33 Å². The van der Waals surface area contributed by atoms with Gasteiger partial charge in [0.1, 0.15) is 17.7 Å². The minimum atomic E-state index is -0.187. The molecular weight excluding hydrogens is 566 g/mol. The van der Waals surface area contributed by atoms with E-state index < -0.39 is 0 Å². The third-order valence-electron chi connectivity index (χ3n) is 8.21. The lowest BCUT2D eigenvalue weighted by Gasteiger charge is -2.42. The molecule has 3 N–H and O–H groups in total. The SMILES string of the molecule is Nc1ncn(Cc2cn([C@H](c3ccccc3)[C@H](c3ccccc3)N3CCN(C(=O)Nc4ccccc4)CC3)nn2)c2ncnc1-2. The van der Waals surface area contributed by atoms with Crippen molar-refractivity contribution < 1.29 is 4.79 Å². The van der Waals surface area contributed by atoms with Crippen LogP contribution in [-0.4, -0.2) is 76.5 Å². The number of rotatable bonds is 8. The molecule has 0 unspecified atom stereocenters. The van der Waals surface area contributed by atoms with Gasteiger partial charge in [-0.2, -0.15) is 0 Å². The number of nitrogens with one attached hydrogen (secondary N) is 1. The first kappa shape index (κ1) is 28.2. The van der Waals surface area contributed by atoms with Crippen LogP contribution < -0.4 is 11.1 Å². The van der Waals surface area contributed by atoms with Crippen LogP contribution in [0.1, 0.15) is 28.9 Å². The Morgan fingerprint density at radius 2 is 1.44 bits per heavy atom. The molecule has 12 nitrogen and oxygen atoms in total. The number of nitrogen functional groups attached to an aromatic ring is 1. The summed E-state index contributed by atoms with van der Waals surface area (Å²) < 4.78 is 3.83. The van der Waals surface area contributed by atoms with Crippen LogP contribution in [0.25, 0.3) is 11.5 Å². The lowest BCUT2D eigenvalue weighted by molar-refractivity contribution is 0.0910. The molecule has 1 saturated heterocycles. The zero-order chi connectivity index (χ0) is 30.6. The minimum Gasteiger partial charge on any atom is -0.382 e. The minimum absolute atomic E-state index is 0.0685. The Morgan fingerprint density at radius 3 is 2.13 bits per heavy atom. The van der Waals surface area contributed by atoms with Gasteiger partial charge in [-0.25, -0.2) is 24.4 Å². The van der Waals surface area contributed by atoms with Crippen LogP contribution in [0.3, 0.4) is 0 Å². The highest BCUT2D eigenvalue weighted by atomic mass is 16.2. The van der Waals surface area contributed by atoms with Crippen LogP contribution in [0, 0.1) is 0 Å². The maximum absolute atomic E-state index is 13.1.